The number of hydrogen-bond donors (Lipinski definition) is 1. The van der Waals surface area contributed by atoms with Crippen LogP contribution in [0.25, 0.3) is 0 Å². The minimum atomic E-state index is -0.596. The summed E-state index contributed by atoms with van der Waals surface area (Å²) in [5.74, 6) is -1.77. The van der Waals surface area contributed by atoms with E-state index >= 15 is 0 Å². The maximum absolute atomic E-state index is 12.4. The van der Waals surface area contributed by atoms with Crippen LogP contribution in [0.1, 0.15) is 23.1 Å². The summed E-state index contributed by atoms with van der Waals surface area (Å²) in [6.07, 6.45) is 0.0667. The van der Waals surface area contributed by atoms with Gasteiger partial charge in [-0.2, -0.15) is 0 Å². The van der Waals surface area contributed by atoms with E-state index in [9.17, 15) is 14.4 Å². The summed E-state index contributed by atoms with van der Waals surface area (Å²) in [6, 6.07) is 11.2. The Morgan fingerprint density at radius 2 is 1.83 bits per heavy atom. The Hall–Kier alpha value is -2.86. The van der Waals surface area contributed by atoms with Gasteiger partial charge in [0.25, 0.3) is 5.91 Å². The summed E-state index contributed by atoms with van der Waals surface area (Å²) in [6.45, 7) is 5.52. The van der Waals surface area contributed by atoms with Crippen LogP contribution in [0.15, 0.2) is 36.4 Å². The molecule has 0 aliphatic carbocycles. The van der Waals surface area contributed by atoms with E-state index < -0.39 is 24.4 Å². The largest absolute Gasteiger partial charge is 0.455 e. The average molecular weight is 415 g/mol. The lowest BCUT2D eigenvalue weighted by Crippen LogP contribution is -2.28. The number of nitrogens with zero attached hydrogens (tertiary/aromatic N) is 1. The molecule has 2 amide bonds. The fourth-order valence-corrected chi connectivity index (χ4v) is 3.71. The van der Waals surface area contributed by atoms with Crippen molar-refractivity contribution in [2.75, 3.05) is 23.4 Å². The number of nitrogens with one attached hydrogen (secondary N) is 1. The second-order valence-electron chi connectivity index (χ2n) is 7.34. The Morgan fingerprint density at radius 3 is 2.48 bits per heavy atom. The van der Waals surface area contributed by atoms with E-state index in [0.29, 0.717) is 10.7 Å². The number of esters is 1. The number of carbonyl (C=O) groups is 3. The highest BCUT2D eigenvalue weighted by molar-refractivity contribution is 6.34. The number of rotatable bonds is 5. The highest BCUT2D eigenvalue weighted by Gasteiger charge is 2.36. The molecule has 1 saturated heterocycles. The molecule has 1 fully saturated rings. The normalized spacial score (nSPS) is 16.1. The fraction of sp³-hybridized carbons (Fsp3) is 0.318. The van der Waals surface area contributed by atoms with Crippen molar-refractivity contribution < 1.29 is 19.1 Å². The minimum Gasteiger partial charge on any atom is -0.455 e. The van der Waals surface area contributed by atoms with E-state index in [4.69, 9.17) is 16.3 Å². The number of hydrogen-bond acceptors (Lipinski definition) is 4. The molecule has 1 N–H and O–H groups in total. The van der Waals surface area contributed by atoms with Gasteiger partial charge in [-0.15, -0.1) is 0 Å². The van der Waals surface area contributed by atoms with Gasteiger partial charge in [0.1, 0.15) is 0 Å². The van der Waals surface area contributed by atoms with E-state index in [1.807, 2.05) is 51.1 Å². The van der Waals surface area contributed by atoms with Gasteiger partial charge in [0.05, 0.1) is 16.6 Å². The topological polar surface area (TPSA) is 75.7 Å². The predicted octanol–water partition coefficient (Wildman–Crippen LogP) is 3.80. The molecule has 1 aliphatic heterocycles. The fourth-order valence-electron chi connectivity index (χ4n) is 3.34. The van der Waals surface area contributed by atoms with Crippen LogP contribution in [0.5, 0.6) is 0 Å². The number of anilines is 2. The molecule has 1 atom stereocenters. The summed E-state index contributed by atoms with van der Waals surface area (Å²) >= 11 is 6.18. The zero-order chi connectivity index (χ0) is 21.1. The summed E-state index contributed by atoms with van der Waals surface area (Å²) in [4.78, 5) is 38.4. The Bertz CT molecular complexity index is 933. The maximum atomic E-state index is 12.4. The van der Waals surface area contributed by atoms with Gasteiger partial charge < -0.3 is 15.0 Å². The van der Waals surface area contributed by atoms with E-state index in [2.05, 4.69) is 5.32 Å². The molecule has 2 aromatic rings. The molecule has 0 unspecified atom stereocenters. The van der Waals surface area contributed by atoms with Crippen molar-refractivity contribution >= 4 is 40.8 Å². The standard InChI is InChI=1S/C22H23ClN2O4/c1-13-4-6-17(7-5-13)25-11-16(10-20(25)27)22(28)29-12-19(26)24-21-15(3)8-14(2)9-18(21)23/h4-9,16H,10-12H2,1-3H3,(H,24,26)/t16-/m0/s1. The second kappa shape index (κ2) is 8.66. The lowest BCUT2D eigenvalue weighted by atomic mass is 10.1. The number of benzene rings is 2. The summed E-state index contributed by atoms with van der Waals surface area (Å²) in [7, 11) is 0. The molecule has 0 aromatic heterocycles. The first kappa shape index (κ1) is 20.9. The molecule has 7 heteroatoms. The summed E-state index contributed by atoms with van der Waals surface area (Å²) in [5, 5.41) is 3.10. The van der Waals surface area contributed by atoms with Crippen molar-refractivity contribution in [3.8, 4) is 0 Å². The highest BCUT2D eigenvalue weighted by atomic mass is 35.5. The number of halogens is 1. The van der Waals surface area contributed by atoms with Crippen LogP contribution < -0.4 is 10.2 Å². The number of ether oxygens (including phenoxy) is 1. The van der Waals surface area contributed by atoms with Crippen molar-refractivity contribution in [3.63, 3.8) is 0 Å². The molecule has 2 aromatic carbocycles. The lowest BCUT2D eigenvalue weighted by molar-refractivity contribution is -0.151. The van der Waals surface area contributed by atoms with Crippen LogP contribution in [0, 0.1) is 26.7 Å². The number of amides is 2. The van der Waals surface area contributed by atoms with Crippen LogP contribution in [0.4, 0.5) is 11.4 Å². The lowest BCUT2D eigenvalue weighted by Gasteiger charge is -2.16. The molecule has 152 valence electrons. The molecule has 0 radical (unpaired) electrons. The van der Waals surface area contributed by atoms with Crippen molar-refractivity contribution in [1.82, 2.24) is 0 Å². The van der Waals surface area contributed by atoms with Gasteiger partial charge in [0.15, 0.2) is 6.61 Å². The smallest absolute Gasteiger partial charge is 0.311 e. The Labute approximate surface area is 174 Å². The zero-order valence-corrected chi connectivity index (χ0v) is 17.4. The first-order chi connectivity index (χ1) is 13.7. The molecular weight excluding hydrogens is 392 g/mol. The average Bonchev–Trinajstić information content (AvgIpc) is 3.05. The van der Waals surface area contributed by atoms with E-state index in [0.717, 1.165) is 22.4 Å². The molecule has 1 aliphatic rings. The SMILES string of the molecule is Cc1ccc(N2C[C@@H](C(=O)OCC(=O)Nc3c(C)cc(C)cc3Cl)CC2=O)cc1. The molecule has 0 saturated carbocycles. The van der Waals surface area contributed by atoms with Crippen LogP contribution in [-0.4, -0.2) is 30.9 Å². The van der Waals surface area contributed by atoms with Gasteiger partial charge in [0, 0.05) is 18.7 Å². The molecule has 0 bridgehead atoms. The second-order valence-corrected chi connectivity index (χ2v) is 7.74. The molecule has 1 heterocycles. The van der Waals surface area contributed by atoms with Crippen molar-refractivity contribution in [2.24, 2.45) is 5.92 Å². The van der Waals surface area contributed by atoms with Gasteiger partial charge in [-0.3, -0.25) is 14.4 Å². The Morgan fingerprint density at radius 1 is 1.14 bits per heavy atom. The monoisotopic (exact) mass is 414 g/mol. The van der Waals surface area contributed by atoms with Crippen LogP contribution in [0.2, 0.25) is 5.02 Å². The minimum absolute atomic E-state index is 0.0667. The van der Waals surface area contributed by atoms with E-state index in [1.165, 1.54) is 0 Å². The third-order valence-electron chi connectivity index (χ3n) is 4.85. The highest BCUT2D eigenvalue weighted by Crippen LogP contribution is 2.28. The number of aryl methyl sites for hydroxylation is 3. The summed E-state index contributed by atoms with van der Waals surface area (Å²) in [5.41, 5.74) is 4.15. The molecule has 3 rings (SSSR count). The van der Waals surface area contributed by atoms with Gasteiger partial charge in [0.2, 0.25) is 5.91 Å². The first-order valence-corrected chi connectivity index (χ1v) is 9.72. The first-order valence-electron chi connectivity index (χ1n) is 9.35. The summed E-state index contributed by atoms with van der Waals surface area (Å²) < 4.78 is 5.14. The Balaban J connectivity index is 1.55. The maximum Gasteiger partial charge on any atom is 0.311 e. The number of carbonyl (C=O) groups excluding carboxylic acids is 3. The van der Waals surface area contributed by atoms with Crippen LogP contribution >= 0.6 is 11.6 Å². The van der Waals surface area contributed by atoms with Gasteiger partial charge in [-0.05, 0) is 50.1 Å². The van der Waals surface area contributed by atoms with Gasteiger partial charge in [-0.25, -0.2) is 0 Å². The van der Waals surface area contributed by atoms with Gasteiger partial charge >= 0.3 is 5.97 Å². The molecule has 29 heavy (non-hydrogen) atoms. The van der Waals surface area contributed by atoms with E-state index in [-0.39, 0.29) is 18.9 Å². The zero-order valence-electron chi connectivity index (χ0n) is 16.6. The Kier molecular flexibility index (Phi) is 6.23. The van der Waals surface area contributed by atoms with Gasteiger partial charge in [-0.1, -0.05) is 35.4 Å². The molecular formula is C22H23ClN2O4. The van der Waals surface area contributed by atoms with E-state index in [1.54, 1.807) is 11.0 Å². The third kappa shape index (κ3) is 4.95. The van der Waals surface area contributed by atoms with Crippen molar-refractivity contribution in [2.45, 2.75) is 27.2 Å². The predicted molar refractivity (Wildman–Crippen MR) is 112 cm³/mol. The van der Waals surface area contributed by atoms with Crippen molar-refractivity contribution in [3.05, 3.63) is 58.1 Å². The third-order valence-corrected chi connectivity index (χ3v) is 5.14. The van der Waals surface area contributed by atoms with Crippen LogP contribution in [0.3, 0.4) is 0 Å². The van der Waals surface area contributed by atoms with Crippen LogP contribution in [-0.2, 0) is 19.1 Å². The van der Waals surface area contributed by atoms with Crippen molar-refractivity contribution in [1.29, 1.82) is 0 Å². The molecule has 0 spiro atoms. The molecule has 6 nitrogen and oxygen atoms in total. The quantitative estimate of drug-likeness (QED) is 0.755.